The van der Waals surface area contributed by atoms with Crippen molar-refractivity contribution in [2.24, 2.45) is 4.99 Å². The van der Waals surface area contributed by atoms with Gasteiger partial charge in [0.25, 0.3) is 5.91 Å². The number of rotatable bonds is 6. The zero-order chi connectivity index (χ0) is 23.3. The van der Waals surface area contributed by atoms with Crippen LogP contribution in [-0.4, -0.2) is 21.6 Å². The molecule has 2 N–H and O–H groups in total. The third-order valence-corrected chi connectivity index (χ3v) is 5.48. The van der Waals surface area contributed by atoms with Crippen LogP contribution in [-0.2, 0) is 13.1 Å². The summed E-state index contributed by atoms with van der Waals surface area (Å²) in [4.78, 5) is 17.7. The van der Waals surface area contributed by atoms with Crippen LogP contribution in [0.4, 0.5) is 5.69 Å². The van der Waals surface area contributed by atoms with Crippen molar-refractivity contribution in [1.29, 1.82) is 0 Å². The molecule has 3 rings (SSSR count). The van der Waals surface area contributed by atoms with Gasteiger partial charge in [-0.15, -0.1) is 0 Å². The van der Waals surface area contributed by atoms with Gasteiger partial charge < -0.3 is 5.32 Å². The van der Waals surface area contributed by atoms with E-state index in [-0.39, 0.29) is 5.91 Å². The van der Waals surface area contributed by atoms with E-state index in [1.807, 2.05) is 55.9 Å². The first-order valence-electron chi connectivity index (χ1n) is 11.1. The number of aromatic nitrogens is 2. The second-order valence-corrected chi connectivity index (χ2v) is 8.37. The minimum Gasteiger partial charge on any atom is -0.326 e. The summed E-state index contributed by atoms with van der Waals surface area (Å²) in [7, 11) is 0. The molecule has 0 bridgehead atoms. The van der Waals surface area contributed by atoms with Crippen molar-refractivity contribution in [2.75, 3.05) is 5.32 Å². The van der Waals surface area contributed by atoms with Crippen LogP contribution in [0.15, 0.2) is 47.6 Å². The molecule has 0 aliphatic rings. The lowest BCUT2D eigenvalue weighted by atomic mass is 10.1. The highest BCUT2D eigenvalue weighted by Crippen LogP contribution is 2.18. The number of guanidine groups is 1. The SMILES string of the molecule is CCCn1cc(CN=C(NC(=O)c2cc(C)cc(C)c2)Nc2cccc(C)c2C)c(C)n1. The first kappa shape index (κ1) is 23.3. The van der Waals surface area contributed by atoms with Crippen molar-refractivity contribution in [1.82, 2.24) is 15.1 Å². The molecule has 6 nitrogen and oxygen atoms in total. The standard InChI is InChI=1S/C26H33N5O/c1-7-11-31-16-23(21(6)30-31)15-27-26(28-24-10-8-9-19(4)20(24)5)29-25(32)22-13-17(2)12-18(3)14-22/h8-10,12-14,16H,7,11,15H2,1-6H3,(H2,27,28,29,32). The number of aryl methyl sites for hydroxylation is 5. The summed E-state index contributed by atoms with van der Waals surface area (Å²) < 4.78 is 1.95. The van der Waals surface area contributed by atoms with Gasteiger partial charge in [-0.3, -0.25) is 14.8 Å². The Kier molecular flexibility index (Phi) is 7.46. The predicted molar refractivity (Wildman–Crippen MR) is 131 cm³/mol. The number of carbonyl (C=O) groups excluding carboxylic acids is 1. The van der Waals surface area contributed by atoms with E-state index in [1.165, 1.54) is 5.56 Å². The number of carbonyl (C=O) groups is 1. The van der Waals surface area contributed by atoms with Crippen molar-refractivity contribution in [3.05, 3.63) is 81.7 Å². The summed E-state index contributed by atoms with van der Waals surface area (Å²) in [6.07, 6.45) is 3.05. The van der Waals surface area contributed by atoms with Crippen LogP contribution in [0.1, 0.15) is 57.2 Å². The van der Waals surface area contributed by atoms with Crippen LogP contribution < -0.4 is 10.6 Å². The molecule has 0 saturated carbocycles. The van der Waals surface area contributed by atoms with Crippen molar-refractivity contribution >= 4 is 17.6 Å². The monoisotopic (exact) mass is 431 g/mol. The maximum Gasteiger partial charge on any atom is 0.257 e. The normalized spacial score (nSPS) is 11.5. The fourth-order valence-electron chi connectivity index (χ4n) is 3.63. The average molecular weight is 432 g/mol. The van der Waals surface area contributed by atoms with Gasteiger partial charge in [0, 0.05) is 29.6 Å². The highest BCUT2D eigenvalue weighted by Gasteiger charge is 2.13. The molecular weight excluding hydrogens is 398 g/mol. The van der Waals surface area contributed by atoms with Gasteiger partial charge in [-0.1, -0.05) is 36.2 Å². The van der Waals surface area contributed by atoms with E-state index >= 15 is 0 Å². The Labute approximate surface area is 190 Å². The smallest absolute Gasteiger partial charge is 0.257 e. The van der Waals surface area contributed by atoms with Crippen molar-refractivity contribution in [2.45, 2.75) is 61.1 Å². The quantitative estimate of drug-likeness (QED) is 0.414. The number of aliphatic imine (C=N–C) groups is 1. The zero-order valence-electron chi connectivity index (χ0n) is 19.9. The van der Waals surface area contributed by atoms with E-state index in [0.29, 0.717) is 18.1 Å². The molecule has 1 amide bonds. The first-order valence-corrected chi connectivity index (χ1v) is 11.1. The molecule has 0 saturated heterocycles. The molecule has 168 valence electrons. The Bertz CT molecular complexity index is 1120. The molecule has 1 aromatic heterocycles. The number of anilines is 1. The minimum absolute atomic E-state index is 0.188. The predicted octanol–water partition coefficient (Wildman–Crippen LogP) is 5.23. The van der Waals surface area contributed by atoms with Crippen molar-refractivity contribution < 1.29 is 4.79 Å². The topological polar surface area (TPSA) is 71.3 Å². The number of hydrogen-bond donors (Lipinski definition) is 2. The van der Waals surface area contributed by atoms with Crippen LogP contribution in [0.2, 0.25) is 0 Å². The molecule has 1 heterocycles. The third-order valence-electron chi connectivity index (χ3n) is 5.48. The lowest BCUT2D eigenvalue weighted by molar-refractivity contribution is 0.0976. The van der Waals surface area contributed by atoms with Crippen molar-refractivity contribution in [3.8, 4) is 0 Å². The average Bonchev–Trinajstić information content (AvgIpc) is 3.08. The van der Waals surface area contributed by atoms with Gasteiger partial charge in [-0.05, 0) is 70.4 Å². The Morgan fingerprint density at radius 2 is 1.78 bits per heavy atom. The van der Waals surface area contributed by atoms with Crippen LogP contribution in [0, 0.1) is 34.6 Å². The fourth-order valence-corrected chi connectivity index (χ4v) is 3.63. The van der Waals surface area contributed by atoms with E-state index in [9.17, 15) is 4.79 Å². The van der Waals surface area contributed by atoms with Gasteiger partial charge in [0.2, 0.25) is 5.96 Å². The Balaban J connectivity index is 1.88. The van der Waals surface area contributed by atoms with E-state index in [0.717, 1.165) is 46.6 Å². The lowest BCUT2D eigenvalue weighted by Gasteiger charge is -2.15. The fraction of sp³-hybridized carbons (Fsp3) is 0.346. The summed E-state index contributed by atoms with van der Waals surface area (Å²) in [5.74, 6) is 0.234. The molecule has 3 aromatic rings. The zero-order valence-corrected chi connectivity index (χ0v) is 19.9. The minimum atomic E-state index is -0.188. The van der Waals surface area contributed by atoms with Crippen LogP contribution >= 0.6 is 0 Å². The van der Waals surface area contributed by atoms with E-state index in [4.69, 9.17) is 4.99 Å². The molecule has 32 heavy (non-hydrogen) atoms. The molecule has 0 fully saturated rings. The molecule has 0 atom stereocenters. The lowest BCUT2D eigenvalue weighted by Crippen LogP contribution is -2.36. The highest BCUT2D eigenvalue weighted by atomic mass is 16.1. The van der Waals surface area contributed by atoms with Crippen LogP contribution in [0.25, 0.3) is 0 Å². The summed E-state index contributed by atoms with van der Waals surface area (Å²) >= 11 is 0. The molecule has 2 aromatic carbocycles. The maximum atomic E-state index is 13.0. The molecule has 0 aliphatic heterocycles. The van der Waals surface area contributed by atoms with E-state index in [2.05, 4.69) is 48.6 Å². The third kappa shape index (κ3) is 5.84. The Morgan fingerprint density at radius 1 is 1.06 bits per heavy atom. The number of nitrogens with one attached hydrogen (secondary N) is 2. The second kappa shape index (κ2) is 10.3. The largest absolute Gasteiger partial charge is 0.326 e. The number of nitrogens with zero attached hydrogens (tertiary/aromatic N) is 3. The molecule has 0 spiro atoms. The van der Waals surface area contributed by atoms with Crippen LogP contribution in [0.3, 0.4) is 0 Å². The summed E-state index contributed by atoms with van der Waals surface area (Å²) in [6, 6.07) is 11.9. The molecule has 0 unspecified atom stereocenters. The van der Waals surface area contributed by atoms with E-state index < -0.39 is 0 Å². The maximum absolute atomic E-state index is 13.0. The van der Waals surface area contributed by atoms with Gasteiger partial charge >= 0.3 is 0 Å². The summed E-state index contributed by atoms with van der Waals surface area (Å²) in [5.41, 5.74) is 7.92. The van der Waals surface area contributed by atoms with Gasteiger partial charge in [0.1, 0.15) is 0 Å². The van der Waals surface area contributed by atoms with Crippen molar-refractivity contribution in [3.63, 3.8) is 0 Å². The second-order valence-electron chi connectivity index (χ2n) is 8.37. The Hall–Kier alpha value is -3.41. The van der Waals surface area contributed by atoms with Gasteiger partial charge in [-0.25, -0.2) is 4.99 Å². The van der Waals surface area contributed by atoms with Gasteiger partial charge in [-0.2, -0.15) is 5.10 Å². The van der Waals surface area contributed by atoms with Crippen LogP contribution in [0.5, 0.6) is 0 Å². The summed E-state index contributed by atoms with van der Waals surface area (Å²) in [5, 5.41) is 10.9. The molecule has 0 aliphatic carbocycles. The molecule has 6 heteroatoms. The molecular formula is C26H33N5O. The molecule has 0 radical (unpaired) electrons. The van der Waals surface area contributed by atoms with E-state index in [1.54, 1.807) is 0 Å². The number of hydrogen-bond acceptors (Lipinski definition) is 3. The highest BCUT2D eigenvalue weighted by molar-refractivity contribution is 6.10. The first-order chi connectivity index (χ1) is 15.3. The number of amides is 1. The van der Waals surface area contributed by atoms with Gasteiger partial charge in [0.05, 0.1) is 12.2 Å². The number of benzene rings is 2. The Morgan fingerprint density at radius 3 is 2.47 bits per heavy atom. The summed E-state index contributed by atoms with van der Waals surface area (Å²) in [6.45, 7) is 13.5. The van der Waals surface area contributed by atoms with Gasteiger partial charge in [0.15, 0.2) is 0 Å².